The molecule has 0 saturated heterocycles. The minimum atomic E-state index is -0.0488. The summed E-state index contributed by atoms with van der Waals surface area (Å²) in [7, 11) is 0. The molecule has 1 fully saturated rings. The summed E-state index contributed by atoms with van der Waals surface area (Å²) in [5.41, 5.74) is 7.28. The zero-order valence-corrected chi connectivity index (χ0v) is 14.9. The lowest BCUT2D eigenvalue weighted by Gasteiger charge is -2.31. The van der Waals surface area contributed by atoms with Gasteiger partial charge in [0.25, 0.3) is 5.91 Å². The van der Waals surface area contributed by atoms with E-state index in [0.717, 1.165) is 24.9 Å². The molecule has 2 aromatic rings. The van der Waals surface area contributed by atoms with Crippen molar-refractivity contribution in [2.24, 2.45) is 11.7 Å². The van der Waals surface area contributed by atoms with Crippen LogP contribution in [0.15, 0.2) is 36.9 Å². The van der Waals surface area contributed by atoms with Crippen LogP contribution >= 0.6 is 24.8 Å². The molecule has 2 atom stereocenters. The number of halogens is 2. The zero-order chi connectivity index (χ0) is 15.4. The van der Waals surface area contributed by atoms with Crippen molar-refractivity contribution in [1.82, 2.24) is 20.1 Å². The molecule has 1 aliphatic rings. The Kier molecular flexibility index (Phi) is 8.18. The van der Waals surface area contributed by atoms with Gasteiger partial charge in [0.05, 0.1) is 5.69 Å². The van der Waals surface area contributed by atoms with Gasteiger partial charge in [0.1, 0.15) is 12.7 Å². The summed E-state index contributed by atoms with van der Waals surface area (Å²) >= 11 is 0. The zero-order valence-electron chi connectivity index (χ0n) is 13.3. The molecule has 6 nitrogen and oxygen atoms in total. The molecule has 3 rings (SSSR count). The lowest BCUT2D eigenvalue weighted by atomic mass is 9.84. The first-order chi connectivity index (χ1) is 10.8. The van der Waals surface area contributed by atoms with E-state index in [1.54, 1.807) is 11.0 Å². The number of aromatic nitrogens is 3. The number of benzene rings is 1. The molecule has 24 heavy (non-hydrogen) atoms. The predicted octanol–water partition coefficient (Wildman–Crippen LogP) is 2.36. The molecular weight excluding hydrogens is 349 g/mol. The summed E-state index contributed by atoms with van der Waals surface area (Å²) in [5.74, 6) is 0.337. The van der Waals surface area contributed by atoms with Crippen LogP contribution in [0.2, 0.25) is 0 Å². The van der Waals surface area contributed by atoms with Gasteiger partial charge in [-0.3, -0.25) is 4.79 Å². The Bertz CT molecular complexity index is 635. The van der Waals surface area contributed by atoms with Gasteiger partial charge in [-0.25, -0.2) is 9.67 Å². The maximum Gasteiger partial charge on any atom is 0.251 e. The molecule has 0 spiro atoms. The second-order valence-corrected chi connectivity index (χ2v) is 5.75. The van der Waals surface area contributed by atoms with Crippen LogP contribution in [0.3, 0.4) is 0 Å². The fourth-order valence-corrected chi connectivity index (χ4v) is 3.06. The quantitative estimate of drug-likeness (QED) is 0.863. The van der Waals surface area contributed by atoms with Gasteiger partial charge in [-0.05, 0) is 43.5 Å². The standard InChI is InChI=1S/C16H21N5O.2ClH/c17-9-13-4-1-2-7-15(13)20-16(22)12-5-3-6-14(8-12)21-11-18-10-19-21;;/h3,5-6,8,10-11,13,15H,1-2,4,7,9,17H2,(H,20,22);2*1H. The predicted molar refractivity (Wildman–Crippen MR) is 98.1 cm³/mol. The molecule has 1 aromatic carbocycles. The Hall–Kier alpha value is -1.63. The molecule has 0 radical (unpaired) electrons. The molecule has 1 heterocycles. The lowest BCUT2D eigenvalue weighted by molar-refractivity contribution is 0.0908. The van der Waals surface area contributed by atoms with Crippen molar-refractivity contribution in [1.29, 1.82) is 0 Å². The maximum absolute atomic E-state index is 12.5. The number of amides is 1. The number of hydrogen-bond acceptors (Lipinski definition) is 4. The summed E-state index contributed by atoms with van der Waals surface area (Å²) in [5, 5.41) is 7.23. The first kappa shape index (κ1) is 20.4. The molecule has 0 bridgehead atoms. The lowest BCUT2D eigenvalue weighted by Crippen LogP contribution is -2.44. The highest BCUT2D eigenvalue weighted by atomic mass is 35.5. The van der Waals surface area contributed by atoms with Crippen LogP contribution < -0.4 is 11.1 Å². The van der Waals surface area contributed by atoms with Gasteiger partial charge in [0, 0.05) is 11.6 Å². The number of nitrogens with zero attached hydrogens (tertiary/aromatic N) is 3. The average molecular weight is 372 g/mol. The molecule has 8 heteroatoms. The second-order valence-electron chi connectivity index (χ2n) is 5.75. The third kappa shape index (κ3) is 4.69. The van der Waals surface area contributed by atoms with E-state index < -0.39 is 0 Å². The van der Waals surface area contributed by atoms with Gasteiger partial charge in [-0.1, -0.05) is 18.9 Å². The summed E-state index contributed by atoms with van der Waals surface area (Å²) in [6, 6.07) is 7.57. The molecule has 132 valence electrons. The van der Waals surface area contributed by atoms with E-state index in [9.17, 15) is 4.79 Å². The Morgan fingerprint density at radius 3 is 2.79 bits per heavy atom. The topological polar surface area (TPSA) is 85.8 Å². The van der Waals surface area contributed by atoms with Crippen molar-refractivity contribution in [3.05, 3.63) is 42.5 Å². The van der Waals surface area contributed by atoms with Crippen molar-refractivity contribution >= 4 is 30.7 Å². The van der Waals surface area contributed by atoms with Crippen molar-refractivity contribution in [2.45, 2.75) is 31.7 Å². The van der Waals surface area contributed by atoms with Crippen molar-refractivity contribution < 1.29 is 4.79 Å². The van der Waals surface area contributed by atoms with Crippen LogP contribution in [-0.4, -0.2) is 33.3 Å². The van der Waals surface area contributed by atoms with Crippen LogP contribution in [0, 0.1) is 5.92 Å². The van der Waals surface area contributed by atoms with E-state index >= 15 is 0 Å². The van der Waals surface area contributed by atoms with Crippen LogP contribution in [-0.2, 0) is 0 Å². The van der Waals surface area contributed by atoms with E-state index in [1.807, 2.05) is 24.3 Å². The number of carbonyl (C=O) groups excluding carboxylic acids is 1. The first-order valence-corrected chi connectivity index (χ1v) is 7.74. The number of carbonyl (C=O) groups is 1. The third-order valence-electron chi connectivity index (χ3n) is 4.32. The first-order valence-electron chi connectivity index (χ1n) is 7.74. The smallest absolute Gasteiger partial charge is 0.251 e. The number of rotatable bonds is 4. The molecule has 1 aromatic heterocycles. The highest BCUT2D eigenvalue weighted by molar-refractivity contribution is 5.94. The molecule has 1 amide bonds. The van der Waals surface area contributed by atoms with Crippen molar-refractivity contribution in [3.63, 3.8) is 0 Å². The van der Waals surface area contributed by atoms with Gasteiger partial charge in [0.2, 0.25) is 0 Å². The summed E-state index contributed by atoms with van der Waals surface area (Å²) in [4.78, 5) is 16.4. The fourth-order valence-electron chi connectivity index (χ4n) is 3.06. The van der Waals surface area contributed by atoms with E-state index in [2.05, 4.69) is 15.4 Å². The van der Waals surface area contributed by atoms with Crippen LogP contribution in [0.5, 0.6) is 0 Å². The summed E-state index contributed by atoms with van der Waals surface area (Å²) in [6.45, 7) is 0.629. The van der Waals surface area contributed by atoms with E-state index in [1.165, 1.54) is 12.7 Å². The Morgan fingerprint density at radius 2 is 2.08 bits per heavy atom. The monoisotopic (exact) mass is 371 g/mol. The van der Waals surface area contributed by atoms with E-state index in [0.29, 0.717) is 18.0 Å². The van der Waals surface area contributed by atoms with Gasteiger partial charge in [-0.15, -0.1) is 24.8 Å². The van der Waals surface area contributed by atoms with E-state index in [4.69, 9.17) is 5.73 Å². The summed E-state index contributed by atoms with van der Waals surface area (Å²) < 4.78 is 1.64. The molecular formula is C16H23Cl2N5O. The number of nitrogens with one attached hydrogen (secondary N) is 1. The van der Waals surface area contributed by atoms with Gasteiger partial charge < -0.3 is 11.1 Å². The Morgan fingerprint density at radius 1 is 1.29 bits per heavy atom. The second kappa shape index (κ2) is 9.61. The largest absolute Gasteiger partial charge is 0.349 e. The number of nitrogens with two attached hydrogens (primary N) is 1. The average Bonchev–Trinajstić information content (AvgIpc) is 3.10. The number of hydrogen-bond donors (Lipinski definition) is 2. The highest BCUT2D eigenvalue weighted by Crippen LogP contribution is 2.24. The minimum Gasteiger partial charge on any atom is -0.349 e. The van der Waals surface area contributed by atoms with Crippen LogP contribution in [0.25, 0.3) is 5.69 Å². The maximum atomic E-state index is 12.5. The Labute approximate surface area is 154 Å². The van der Waals surface area contributed by atoms with Crippen molar-refractivity contribution in [3.8, 4) is 5.69 Å². The van der Waals surface area contributed by atoms with Gasteiger partial charge in [0.15, 0.2) is 0 Å². The summed E-state index contributed by atoms with van der Waals surface area (Å²) in [6.07, 6.45) is 7.55. The van der Waals surface area contributed by atoms with Gasteiger partial charge in [-0.2, -0.15) is 5.10 Å². The third-order valence-corrected chi connectivity index (χ3v) is 4.32. The highest BCUT2D eigenvalue weighted by Gasteiger charge is 2.25. The molecule has 0 aliphatic heterocycles. The van der Waals surface area contributed by atoms with Gasteiger partial charge >= 0.3 is 0 Å². The molecule has 3 N–H and O–H groups in total. The Balaban J connectivity index is 0.00000144. The molecule has 1 aliphatic carbocycles. The normalized spacial score (nSPS) is 19.7. The molecule has 1 saturated carbocycles. The van der Waals surface area contributed by atoms with Crippen molar-refractivity contribution in [2.75, 3.05) is 6.54 Å². The minimum absolute atomic E-state index is 0. The SMILES string of the molecule is Cl.Cl.NCC1CCCCC1NC(=O)c1cccc(-n2cncn2)c1. The van der Waals surface area contributed by atoms with Crippen LogP contribution in [0.1, 0.15) is 36.0 Å². The van der Waals surface area contributed by atoms with Crippen LogP contribution in [0.4, 0.5) is 0 Å². The molecule has 2 unspecified atom stereocenters. The fraction of sp³-hybridized carbons (Fsp3) is 0.438. The van der Waals surface area contributed by atoms with E-state index in [-0.39, 0.29) is 36.8 Å².